The minimum Gasteiger partial charge on any atom is -0.486 e. The summed E-state index contributed by atoms with van der Waals surface area (Å²) in [5, 5.41) is 16.6. The molecule has 0 fully saturated rings. The van der Waals surface area contributed by atoms with Crippen LogP contribution in [0.4, 0.5) is 0 Å². The number of rotatable bonds is 5. The molecular weight excluding hydrogens is 158 g/mol. The van der Waals surface area contributed by atoms with E-state index in [9.17, 15) is 4.79 Å². The molecular formula is C8H11NO3. The van der Waals surface area contributed by atoms with Gasteiger partial charge in [-0.15, -0.1) is 0 Å². The summed E-state index contributed by atoms with van der Waals surface area (Å²) in [6, 6.07) is 1.61. The molecule has 0 aliphatic carbocycles. The molecule has 4 heteroatoms. The Balaban J connectivity index is 3.91. The van der Waals surface area contributed by atoms with Crippen molar-refractivity contribution >= 4 is 5.97 Å². The van der Waals surface area contributed by atoms with Crippen LogP contribution >= 0.6 is 0 Å². The highest BCUT2D eigenvalue weighted by atomic mass is 16.5. The smallest absolute Gasteiger partial charge is 0.371 e. The molecule has 0 amide bonds. The van der Waals surface area contributed by atoms with Crippen LogP contribution in [0.25, 0.3) is 0 Å². The fourth-order valence-corrected chi connectivity index (χ4v) is 0.550. The molecule has 0 aromatic rings. The molecule has 0 aromatic heterocycles. The Hall–Kier alpha value is -1.50. The Kier molecular flexibility index (Phi) is 5.45. The number of carbonyl (C=O) groups is 1. The van der Waals surface area contributed by atoms with E-state index in [0.717, 1.165) is 18.9 Å². The van der Waals surface area contributed by atoms with Gasteiger partial charge in [-0.1, -0.05) is 13.3 Å². The standard InChI is InChI=1S/C8H11NO3/c1-2-3-6-12-7(4-5-9)8(10)11/h4H,2-3,6H2,1H3,(H,10,11). The highest BCUT2D eigenvalue weighted by Crippen LogP contribution is 1.99. The molecule has 0 aromatic carbocycles. The molecule has 0 aliphatic heterocycles. The van der Waals surface area contributed by atoms with Crippen LogP contribution in [-0.4, -0.2) is 17.7 Å². The second-order valence-corrected chi connectivity index (χ2v) is 2.14. The first-order valence-electron chi connectivity index (χ1n) is 3.68. The molecule has 12 heavy (non-hydrogen) atoms. The van der Waals surface area contributed by atoms with Crippen LogP contribution in [0.5, 0.6) is 0 Å². The van der Waals surface area contributed by atoms with E-state index in [-0.39, 0.29) is 5.76 Å². The second kappa shape index (κ2) is 6.23. The molecule has 0 saturated heterocycles. The zero-order valence-electron chi connectivity index (χ0n) is 6.91. The predicted molar refractivity (Wildman–Crippen MR) is 42.2 cm³/mol. The Morgan fingerprint density at radius 2 is 2.42 bits per heavy atom. The lowest BCUT2D eigenvalue weighted by atomic mass is 10.3. The molecule has 0 aliphatic rings. The summed E-state index contributed by atoms with van der Waals surface area (Å²) in [4.78, 5) is 10.3. The number of carboxylic acids is 1. The van der Waals surface area contributed by atoms with E-state index < -0.39 is 5.97 Å². The van der Waals surface area contributed by atoms with Gasteiger partial charge >= 0.3 is 5.97 Å². The molecule has 0 bridgehead atoms. The van der Waals surface area contributed by atoms with Gasteiger partial charge in [0.2, 0.25) is 5.76 Å². The Bertz CT molecular complexity index is 215. The van der Waals surface area contributed by atoms with E-state index in [1.165, 1.54) is 0 Å². The minimum absolute atomic E-state index is 0.286. The number of allylic oxidation sites excluding steroid dienone is 1. The lowest BCUT2D eigenvalue weighted by Crippen LogP contribution is -2.05. The number of carboxylic acid groups (broad SMARTS) is 1. The van der Waals surface area contributed by atoms with Crippen LogP contribution in [0, 0.1) is 11.3 Å². The Morgan fingerprint density at radius 1 is 1.75 bits per heavy atom. The van der Waals surface area contributed by atoms with E-state index in [2.05, 4.69) is 0 Å². The van der Waals surface area contributed by atoms with Crippen molar-refractivity contribution in [3.8, 4) is 6.07 Å². The molecule has 0 heterocycles. The Labute approximate surface area is 71.1 Å². The number of unbranched alkanes of at least 4 members (excludes halogenated alkanes) is 1. The van der Waals surface area contributed by atoms with Gasteiger partial charge in [-0.05, 0) is 6.42 Å². The number of nitriles is 1. The second-order valence-electron chi connectivity index (χ2n) is 2.14. The predicted octanol–water partition coefficient (Wildman–Crippen LogP) is 1.30. The molecule has 0 radical (unpaired) electrons. The van der Waals surface area contributed by atoms with Gasteiger partial charge in [-0.2, -0.15) is 5.26 Å². The first-order valence-corrected chi connectivity index (χ1v) is 3.68. The summed E-state index contributed by atoms with van der Waals surface area (Å²) >= 11 is 0. The number of hydrogen-bond donors (Lipinski definition) is 1. The summed E-state index contributed by atoms with van der Waals surface area (Å²) < 4.78 is 4.82. The highest BCUT2D eigenvalue weighted by Gasteiger charge is 2.06. The summed E-state index contributed by atoms with van der Waals surface area (Å²) in [7, 11) is 0. The summed E-state index contributed by atoms with van der Waals surface area (Å²) in [5.74, 6) is -1.49. The molecule has 0 saturated carbocycles. The zero-order valence-corrected chi connectivity index (χ0v) is 6.91. The minimum atomic E-state index is -1.20. The van der Waals surface area contributed by atoms with Crippen molar-refractivity contribution in [2.24, 2.45) is 0 Å². The summed E-state index contributed by atoms with van der Waals surface area (Å²) in [6.45, 7) is 2.31. The van der Waals surface area contributed by atoms with E-state index in [0.29, 0.717) is 6.61 Å². The average molecular weight is 169 g/mol. The first-order chi connectivity index (χ1) is 5.72. The molecule has 0 spiro atoms. The van der Waals surface area contributed by atoms with Gasteiger partial charge in [-0.25, -0.2) is 4.79 Å². The molecule has 66 valence electrons. The third-order valence-electron chi connectivity index (χ3n) is 1.16. The number of ether oxygens (including phenoxy) is 1. The normalized spacial score (nSPS) is 10.5. The lowest BCUT2D eigenvalue weighted by Gasteiger charge is -2.02. The fourth-order valence-electron chi connectivity index (χ4n) is 0.550. The third kappa shape index (κ3) is 4.34. The van der Waals surface area contributed by atoms with Gasteiger partial charge in [-0.3, -0.25) is 0 Å². The van der Waals surface area contributed by atoms with Crippen molar-refractivity contribution in [1.82, 2.24) is 0 Å². The van der Waals surface area contributed by atoms with Crippen LogP contribution in [0.1, 0.15) is 19.8 Å². The first kappa shape index (κ1) is 10.5. The van der Waals surface area contributed by atoms with Crippen LogP contribution in [0.15, 0.2) is 11.8 Å². The number of hydrogen-bond acceptors (Lipinski definition) is 3. The summed E-state index contributed by atoms with van der Waals surface area (Å²) in [5.41, 5.74) is 0. The fraction of sp³-hybridized carbons (Fsp3) is 0.500. The van der Waals surface area contributed by atoms with Crippen molar-refractivity contribution < 1.29 is 14.6 Å². The van der Waals surface area contributed by atoms with E-state index in [1.54, 1.807) is 6.07 Å². The summed E-state index contributed by atoms with van der Waals surface area (Å²) in [6.07, 6.45) is 2.60. The van der Waals surface area contributed by atoms with Gasteiger partial charge in [0.25, 0.3) is 0 Å². The van der Waals surface area contributed by atoms with Crippen LogP contribution in [-0.2, 0) is 9.53 Å². The van der Waals surface area contributed by atoms with Crippen molar-refractivity contribution in [1.29, 1.82) is 5.26 Å². The number of aliphatic carboxylic acids is 1. The zero-order chi connectivity index (χ0) is 9.40. The average Bonchev–Trinajstić information content (AvgIpc) is 2.03. The van der Waals surface area contributed by atoms with Crippen molar-refractivity contribution in [2.45, 2.75) is 19.8 Å². The van der Waals surface area contributed by atoms with Crippen LogP contribution < -0.4 is 0 Å². The number of nitrogens with zero attached hydrogens (tertiary/aromatic N) is 1. The lowest BCUT2D eigenvalue weighted by molar-refractivity contribution is -0.136. The van der Waals surface area contributed by atoms with Gasteiger partial charge in [0.05, 0.1) is 18.8 Å². The maximum Gasteiger partial charge on any atom is 0.371 e. The highest BCUT2D eigenvalue weighted by molar-refractivity contribution is 5.84. The maximum atomic E-state index is 10.3. The largest absolute Gasteiger partial charge is 0.486 e. The van der Waals surface area contributed by atoms with Crippen molar-refractivity contribution in [3.05, 3.63) is 11.8 Å². The molecule has 0 atom stereocenters. The van der Waals surface area contributed by atoms with Crippen LogP contribution in [0.2, 0.25) is 0 Å². The van der Waals surface area contributed by atoms with Gasteiger partial charge in [0.15, 0.2) is 0 Å². The van der Waals surface area contributed by atoms with E-state index >= 15 is 0 Å². The third-order valence-corrected chi connectivity index (χ3v) is 1.16. The van der Waals surface area contributed by atoms with E-state index in [4.69, 9.17) is 15.1 Å². The SMILES string of the molecule is CCCCOC(=CC#N)C(=O)O. The van der Waals surface area contributed by atoms with E-state index in [1.807, 2.05) is 6.92 Å². The van der Waals surface area contributed by atoms with Gasteiger partial charge in [0, 0.05) is 0 Å². The monoisotopic (exact) mass is 169 g/mol. The Morgan fingerprint density at radius 3 is 2.83 bits per heavy atom. The van der Waals surface area contributed by atoms with Crippen molar-refractivity contribution in [2.75, 3.05) is 6.61 Å². The molecule has 0 unspecified atom stereocenters. The maximum absolute atomic E-state index is 10.3. The topological polar surface area (TPSA) is 70.3 Å². The van der Waals surface area contributed by atoms with Gasteiger partial charge in [0.1, 0.15) is 0 Å². The molecule has 4 nitrogen and oxygen atoms in total. The molecule has 0 rings (SSSR count). The van der Waals surface area contributed by atoms with Gasteiger partial charge < -0.3 is 9.84 Å². The van der Waals surface area contributed by atoms with Crippen molar-refractivity contribution in [3.63, 3.8) is 0 Å². The molecule has 1 N–H and O–H groups in total. The van der Waals surface area contributed by atoms with Crippen LogP contribution in [0.3, 0.4) is 0 Å². The quantitative estimate of drug-likeness (QED) is 0.291.